The van der Waals surface area contributed by atoms with Crippen molar-refractivity contribution in [2.45, 2.75) is 26.1 Å². The number of carbonyl (C=O) groups is 1. The Morgan fingerprint density at radius 3 is 2.67 bits per heavy atom. The molecule has 2 heterocycles. The molecule has 0 amide bonds. The molecule has 5 heteroatoms. The van der Waals surface area contributed by atoms with Gasteiger partial charge in [-0.25, -0.2) is 4.39 Å². The van der Waals surface area contributed by atoms with Gasteiger partial charge in [0.1, 0.15) is 5.82 Å². The lowest BCUT2D eigenvalue weighted by Gasteiger charge is -2.37. The van der Waals surface area contributed by atoms with Crippen LogP contribution in [0.15, 0.2) is 29.6 Å². The van der Waals surface area contributed by atoms with Crippen molar-refractivity contribution in [3.8, 4) is 11.8 Å². The molecular formula is C19H18FNO2S. The topological polar surface area (TPSA) is 29.5 Å². The van der Waals surface area contributed by atoms with Crippen molar-refractivity contribution in [1.82, 2.24) is 0 Å². The summed E-state index contributed by atoms with van der Waals surface area (Å²) in [4.78, 5) is 14.3. The second-order valence-electron chi connectivity index (χ2n) is 5.90. The highest BCUT2D eigenvalue weighted by Crippen LogP contribution is 2.28. The van der Waals surface area contributed by atoms with Gasteiger partial charge in [0.2, 0.25) is 0 Å². The smallest absolute Gasteiger partial charge is 0.152 e. The maximum absolute atomic E-state index is 14.7. The van der Waals surface area contributed by atoms with Crippen LogP contribution < -0.4 is 4.90 Å². The number of ether oxygens (including phenoxy) is 1. The molecular weight excluding hydrogens is 325 g/mol. The zero-order chi connectivity index (χ0) is 17.1. The minimum atomic E-state index is -0.420. The SMILES string of the molecule is CC1CN(c2c(F)cc(C#Cc3cccs3)cc2C=O)CC(C)O1. The zero-order valence-electron chi connectivity index (χ0n) is 13.6. The van der Waals surface area contributed by atoms with E-state index in [2.05, 4.69) is 11.8 Å². The fourth-order valence-corrected chi connectivity index (χ4v) is 3.53. The number of hydrogen-bond acceptors (Lipinski definition) is 4. The number of thiophene rings is 1. The van der Waals surface area contributed by atoms with E-state index in [1.54, 1.807) is 6.07 Å². The Balaban J connectivity index is 1.95. The number of nitrogens with zero attached hydrogens (tertiary/aromatic N) is 1. The summed E-state index contributed by atoms with van der Waals surface area (Å²) in [6, 6.07) is 6.86. The molecule has 1 aliphatic heterocycles. The van der Waals surface area contributed by atoms with Crippen molar-refractivity contribution in [2.24, 2.45) is 0 Å². The Morgan fingerprint density at radius 1 is 1.29 bits per heavy atom. The molecule has 1 saturated heterocycles. The third-order valence-electron chi connectivity index (χ3n) is 3.81. The van der Waals surface area contributed by atoms with Gasteiger partial charge in [0.15, 0.2) is 6.29 Å². The molecule has 0 spiro atoms. The molecule has 0 radical (unpaired) electrons. The Bertz CT molecular complexity index is 782. The molecule has 0 bridgehead atoms. The van der Waals surface area contributed by atoms with Gasteiger partial charge >= 0.3 is 0 Å². The van der Waals surface area contributed by atoms with Crippen molar-refractivity contribution >= 4 is 23.3 Å². The molecule has 0 aliphatic carbocycles. The minimum Gasteiger partial charge on any atom is -0.372 e. The molecule has 0 saturated carbocycles. The Hall–Kier alpha value is -2.16. The zero-order valence-corrected chi connectivity index (χ0v) is 14.4. The molecule has 24 heavy (non-hydrogen) atoms. The van der Waals surface area contributed by atoms with Crippen LogP contribution in [-0.4, -0.2) is 31.6 Å². The minimum absolute atomic E-state index is 0.00838. The van der Waals surface area contributed by atoms with Gasteiger partial charge in [-0.3, -0.25) is 4.79 Å². The summed E-state index contributed by atoms with van der Waals surface area (Å²) in [6.07, 6.45) is 0.677. The molecule has 2 unspecified atom stereocenters. The molecule has 3 rings (SSSR count). The molecule has 1 aromatic heterocycles. The lowest BCUT2D eigenvalue weighted by Crippen LogP contribution is -2.46. The average Bonchev–Trinajstić information content (AvgIpc) is 3.04. The summed E-state index contributed by atoms with van der Waals surface area (Å²) in [6.45, 7) is 5.01. The predicted molar refractivity (Wildman–Crippen MR) is 94.3 cm³/mol. The highest BCUT2D eigenvalue weighted by molar-refractivity contribution is 7.10. The number of rotatable bonds is 2. The first kappa shape index (κ1) is 16.7. The van der Waals surface area contributed by atoms with E-state index in [0.29, 0.717) is 36.2 Å². The van der Waals surface area contributed by atoms with Gasteiger partial charge in [-0.2, -0.15) is 0 Å². The maximum Gasteiger partial charge on any atom is 0.152 e. The van der Waals surface area contributed by atoms with E-state index in [9.17, 15) is 9.18 Å². The van der Waals surface area contributed by atoms with Gasteiger partial charge in [0.05, 0.1) is 22.8 Å². The number of anilines is 1. The molecule has 3 nitrogen and oxygen atoms in total. The van der Waals surface area contributed by atoms with E-state index in [-0.39, 0.29) is 12.2 Å². The molecule has 1 aromatic carbocycles. The highest BCUT2D eigenvalue weighted by Gasteiger charge is 2.26. The summed E-state index contributed by atoms with van der Waals surface area (Å²) < 4.78 is 20.4. The molecule has 124 valence electrons. The van der Waals surface area contributed by atoms with Gasteiger partial charge in [-0.05, 0) is 37.4 Å². The van der Waals surface area contributed by atoms with Crippen LogP contribution in [0.5, 0.6) is 0 Å². The number of halogens is 1. The van der Waals surface area contributed by atoms with Gasteiger partial charge in [0.25, 0.3) is 0 Å². The molecule has 1 aliphatic rings. The standard InChI is InChI=1S/C19H18FNO2S/c1-13-10-21(11-14(2)23-13)19-16(12-22)8-15(9-18(19)20)5-6-17-4-3-7-24-17/h3-4,7-9,12-14H,10-11H2,1-2H3. The number of benzene rings is 1. The predicted octanol–water partition coefficient (Wildman–Crippen LogP) is 3.71. The maximum atomic E-state index is 14.7. The van der Waals surface area contributed by atoms with Gasteiger partial charge in [0, 0.05) is 24.2 Å². The monoisotopic (exact) mass is 343 g/mol. The fourth-order valence-electron chi connectivity index (χ4n) is 2.96. The summed E-state index contributed by atoms with van der Waals surface area (Å²) in [5.74, 6) is 5.49. The molecule has 2 atom stereocenters. The van der Waals surface area contributed by atoms with Crippen molar-refractivity contribution in [3.05, 3.63) is 51.5 Å². The van der Waals surface area contributed by atoms with E-state index >= 15 is 0 Å². The number of carbonyl (C=O) groups excluding carboxylic acids is 1. The third-order valence-corrected chi connectivity index (χ3v) is 4.59. The van der Waals surface area contributed by atoms with E-state index in [1.807, 2.05) is 36.3 Å². The van der Waals surface area contributed by atoms with E-state index in [4.69, 9.17) is 4.74 Å². The van der Waals surface area contributed by atoms with E-state index in [0.717, 1.165) is 4.88 Å². The molecule has 1 fully saturated rings. The van der Waals surface area contributed by atoms with E-state index in [1.165, 1.54) is 17.4 Å². The van der Waals surface area contributed by atoms with Crippen LogP contribution in [0.1, 0.15) is 34.6 Å². The number of aldehydes is 1. The summed E-state index contributed by atoms with van der Waals surface area (Å²) in [5.41, 5.74) is 1.17. The van der Waals surface area contributed by atoms with Gasteiger partial charge in [-0.15, -0.1) is 11.3 Å². The number of hydrogen-bond donors (Lipinski definition) is 0. The summed E-state index contributed by atoms with van der Waals surface area (Å²) in [7, 11) is 0. The van der Waals surface area contributed by atoms with Gasteiger partial charge in [-0.1, -0.05) is 17.9 Å². The quantitative estimate of drug-likeness (QED) is 0.615. The Kier molecular flexibility index (Phi) is 4.98. The first-order chi connectivity index (χ1) is 11.6. The van der Waals surface area contributed by atoms with Crippen molar-refractivity contribution in [2.75, 3.05) is 18.0 Å². The van der Waals surface area contributed by atoms with Crippen LogP contribution in [0.4, 0.5) is 10.1 Å². The Morgan fingerprint density at radius 2 is 2.04 bits per heavy atom. The molecule has 2 aromatic rings. The largest absolute Gasteiger partial charge is 0.372 e. The van der Waals surface area contributed by atoms with Crippen molar-refractivity contribution in [1.29, 1.82) is 0 Å². The number of morpholine rings is 1. The van der Waals surface area contributed by atoms with Crippen molar-refractivity contribution < 1.29 is 13.9 Å². The average molecular weight is 343 g/mol. The summed E-state index contributed by atoms with van der Waals surface area (Å²) >= 11 is 1.52. The van der Waals surface area contributed by atoms with Crippen molar-refractivity contribution in [3.63, 3.8) is 0 Å². The normalized spacial score (nSPS) is 20.4. The van der Waals surface area contributed by atoms with Crippen LogP contribution in [-0.2, 0) is 4.74 Å². The van der Waals surface area contributed by atoms with E-state index < -0.39 is 5.82 Å². The van der Waals surface area contributed by atoms with Crippen LogP contribution in [0.25, 0.3) is 0 Å². The van der Waals surface area contributed by atoms with Crippen LogP contribution >= 0.6 is 11.3 Å². The Labute approximate surface area is 145 Å². The lowest BCUT2D eigenvalue weighted by molar-refractivity contribution is -0.00543. The molecule has 0 N–H and O–H groups in total. The fraction of sp³-hybridized carbons (Fsp3) is 0.316. The third kappa shape index (κ3) is 3.66. The highest BCUT2D eigenvalue weighted by atomic mass is 32.1. The second-order valence-corrected chi connectivity index (χ2v) is 6.85. The second kappa shape index (κ2) is 7.16. The van der Waals surface area contributed by atoms with Crippen LogP contribution in [0.2, 0.25) is 0 Å². The first-order valence-corrected chi connectivity index (χ1v) is 8.69. The van der Waals surface area contributed by atoms with Gasteiger partial charge < -0.3 is 9.64 Å². The van der Waals surface area contributed by atoms with Crippen LogP contribution in [0.3, 0.4) is 0 Å². The first-order valence-electron chi connectivity index (χ1n) is 7.81. The summed E-state index contributed by atoms with van der Waals surface area (Å²) in [5, 5.41) is 1.94. The van der Waals surface area contributed by atoms with Crippen LogP contribution in [0, 0.1) is 17.7 Å². The lowest BCUT2D eigenvalue weighted by atomic mass is 10.1.